The zero-order valence-corrected chi connectivity index (χ0v) is 16.5. The summed E-state index contributed by atoms with van der Waals surface area (Å²) in [5.41, 5.74) is 2.82. The van der Waals surface area contributed by atoms with Crippen LogP contribution in [0.2, 0.25) is 0 Å². The van der Waals surface area contributed by atoms with Gasteiger partial charge >= 0.3 is 5.97 Å². The monoisotopic (exact) mass is 399 g/mol. The molecule has 2 aromatic rings. The van der Waals surface area contributed by atoms with Crippen molar-refractivity contribution < 1.29 is 28.9 Å². The first-order valence-electron chi connectivity index (χ1n) is 9.44. The van der Waals surface area contributed by atoms with Crippen LogP contribution in [0.4, 0.5) is 0 Å². The lowest BCUT2D eigenvalue weighted by Gasteiger charge is -2.26. The van der Waals surface area contributed by atoms with Crippen molar-refractivity contribution >= 4 is 11.9 Å². The minimum absolute atomic E-state index is 0.125. The summed E-state index contributed by atoms with van der Waals surface area (Å²) in [4.78, 5) is 24.1. The Balaban J connectivity index is 1.76. The van der Waals surface area contributed by atoms with Crippen molar-refractivity contribution in [1.29, 1.82) is 0 Å². The van der Waals surface area contributed by atoms with Crippen molar-refractivity contribution in [3.63, 3.8) is 0 Å². The van der Waals surface area contributed by atoms with Gasteiger partial charge in [-0.05, 0) is 35.2 Å². The molecular weight excluding hydrogens is 374 g/mol. The molecule has 0 radical (unpaired) electrons. The highest BCUT2D eigenvalue weighted by Gasteiger charge is 2.26. The van der Waals surface area contributed by atoms with Crippen molar-refractivity contribution in [2.45, 2.75) is 31.4 Å². The number of ether oxygens (including phenoxy) is 3. The normalized spacial score (nSPS) is 16.4. The Morgan fingerprint density at radius 2 is 1.93 bits per heavy atom. The van der Waals surface area contributed by atoms with Crippen LogP contribution in [0, 0.1) is 0 Å². The van der Waals surface area contributed by atoms with Crippen LogP contribution in [-0.2, 0) is 20.7 Å². The van der Waals surface area contributed by atoms with Crippen molar-refractivity contribution in [3.8, 4) is 11.5 Å². The second kappa shape index (κ2) is 9.43. The average molecular weight is 399 g/mol. The fourth-order valence-electron chi connectivity index (χ4n) is 3.56. The number of carbonyl (C=O) groups excluding carboxylic acids is 1. The van der Waals surface area contributed by atoms with E-state index in [0.29, 0.717) is 23.7 Å². The van der Waals surface area contributed by atoms with E-state index in [1.54, 1.807) is 18.2 Å². The summed E-state index contributed by atoms with van der Waals surface area (Å²) in [7, 11) is 3.03. The minimum atomic E-state index is -1.01. The van der Waals surface area contributed by atoms with Gasteiger partial charge in [0.05, 0.1) is 45.8 Å². The van der Waals surface area contributed by atoms with Crippen LogP contribution < -0.4 is 14.8 Å². The number of carboxylic acids is 1. The molecule has 7 heteroatoms. The predicted octanol–water partition coefficient (Wildman–Crippen LogP) is 3.04. The van der Waals surface area contributed by atoms with E-state index in [-0.39, 0.29) is 24.9 Å². The molecule has 1 amide bonds. The number of rotatable bonds is 8. The fraction of sp³-hybridized carbons (Fsp3) is 0.364. The number of amides is 1. The van der Waals surface area contributed by atoms with Gasteiger partial charge in [0.1, 0.15) is 0 Å². The number of hydrogen-bond acceptors (Lipinski definition) is 5. The zero-order valence-electron chi connectivity index (χ0n) is 16.5. The molecule has 0 aliphatic carbocycles. The molecule has 0 saturated heterocycles. The molecule has 0 fully saturated rings. The molecule has 29 heavy (non-hydrogen) atoms. The van der Waals surface area contributed by atoms with Gasteiger partial charge in [-0.2, -0.15) is 0 Å². The molecule has 0 spiro atoms. The summed E-state index contributed by atoms with van der Waals surface area (Å²) in [6.45, 7) is 0.559. The van der Waals surface area contributed by atoms with E-state index >= 15 is 0 Å². The molecule has 154 valence electrons. The summed E-state index contributed by atoms with van der Waals surface area (Å²) in [5.74, 6) is -0.278. The quantitative estimate of drug-likeness (QED) is 0.709. The highest BCUT2D eigenvalue weighted by Crippen LogP contribution is 2.32. The van der Waals surface area contributed by atoms with E-state index in [2.05, 4.69) is 5.32 Å². The summed E-state index contributed by atoms with van der Waals surface area (Å²) in [6.07, 6.45) is 0.363. The molecule has 2 atom stereocenters. The third kappa shape index (κ3) is 5.06. The van der Waals surface area contributed by atoms with E-state index in [4.69, 9.17) is 14.2 Å². The second-order valence-electron chi connectivity index (χ2n) is 6.84. The van der Waals surface area contributed by atoms with Crippen molar-refractivity contribution in [1.82, 2.24) is 5.32 Å². The molecule has 3 rings (SSSR count). The molecule has 0 bridgehead atoms. The van der Waals surface area contributed by atoms with E-state index < -0.39 is 12.0 Å². The molecule has 0 saturated carbocycles. The first-order chi connectivity index (χ1) is 14.0. The highest BCUT2D eigenvalue weighted by molar-refractivity contribution is 5.78. The third-order valence-electron chi connectivity index (χ3n) is 4.99. The van der Waals surface area contributed by atoms with E-state index in [1.165, 1.54) is 19.8 Å². The Bertz CT molecular complexity index is 881. The number of fused-ring (bicyclic) bond motifs is 1. The van der Waals surface area contributed by atoms with Crippen LogP contribution in [-0.4, -0.2) is 37.8 Å². The SMILES string of the molecule is COc1ccc([C@@H](CC(=O)O)NC(=O)C[C@H]2OCCc3ccccc32)cc1OC. The smallest absolute Gasteiger partial charge is 0.305 e. The Morgan fingerprint density at radius 1 is 1.17 bits per heavy atom. The number of carbonyl (C=O) groups is 2. The van der Waals surface area contributed by atoms with E-state index in [0.717, 1.165) is 12.0 Å². The first kappa shape index (κ1) is 20.7. The molecule has 7 nitrogen and oxygen atoms in total. The number of nitrogens with one attached hydrogen (secondary N) is 1. The second-order valence-corrected chi connectivity index (χ2v) is 6.84. The van der Waals surface area contributed by atoms with Crippen LogP contribution in [0.1, 0.15) is 41.7 Å². The van der Waals surface area contributed by atoms with Crippen LogP contribution in [0.15, 0.2) is 42.5 Å². The molecule has 2 aromatic carbocycles. The number of carboxylic acid groups (broad SMARTS) is 1. The van der Waals surface area contributed by atoms with Crippen molar-refractivity contribution in [2.24, 2.45) is 0 Å². The van der Waals surface area contributed by atoms with Gasteiger partial charge in [0.2, 0.25) is 5.91 Å². The zero-order chi connectivity index (χ0) is 20.8. The third-order valence-corrected chi connectivity index (χ3v) is 4.99. The lowest BCUT2D eigenvalue weighted by molar-refractivity contribution is -0.137. The summed E-state index contributed by atoms with van der Waals surface area (Å²) in [6, 6.07) is 12.3. The van der Waals surface area contributed by atoms with Gasteiger partial charge in [0.15, 0.2) is 11.5 Å². The Hall–Kier alpha value is -3.06. The van der Waals surface area contributed by atoms with Gasteiger partial charge in [-0.15, -0.1) is 0 Å². The molecule has 1 aliphatic rings. The van der Waals surface area contributed by atoms with Crippen LogP contribution in [0.25, 0.3) is 0 Å². The number of methoxy groups -OCH3 is 2. The maximum Gasteiger partial charge on any atom is 0.305 e. The highest BCUT2D eigenvalue weighted by atomic mass is 16.5. The topological polar surface area (TPSA) is 94.1 Å². The lowest BCUT2D eigenvalue weighted by Crippen LogP contribution is -2.32. The van der Waals surface area contributed by atoms with Gasteiger partial charge in [-0.3, -0.25) is 9.59 Å². The maximum absolute atomic E-state index is 12.7. The molecule has 1 heterocycles. The van der Waals surface area contributed by atoms with Gasteiger partial charge in [0.25, 0.3) is 0 Å². The molecule has 0 aromatic heterocycles. The number of hydrogen-bond donors (Lipinski definition) is 2. The van der Waals surface area contributed by atoms with Gasteiger partial charge in [-0.1, -0.05) is 30.3 Å². The van der Waals surface area contributed by atoms with Crippen LogP contribution in [0.3, 0.4) is 0 Å². The van der Waals surface area contributed by atoms with Crippen LogP contribution >= 0.6 is 0 Å². The average Bonchev–Trinajstić information content (AvgIpc) is 2.72. The molecular formula is C22H25NO6. The van der Waals surface area contributed by atoms with Gasteiger partial charge in [-0.25, -0.2) is 0 Å². The Labute approximate surface area is 169 Å². The van der Waals surface area contributed by atoms with E-state index in [9.17, 15) is 14.7 Å². The summed E-state index contributed by atoms with van der Waals surface area (Å²) in [5, 5.41) is 12.1. The largest absolute Gasteiger partial charge is 0.493 e. The van der Waals surface area contributed by atoms with Gasteiger partial charge < -0.3 is 24.6 Å². The molecule has 1 aliphatic heterocycles. The first-order valence-corrected chi connectivity index (χ1v) is 9.44. The molecule has 2 N–H and O–H groups in total. The number of benzene rings is 2. The Morgan fingerprint density at radius 3 is 2.66 bits per heavy atom. The minimum Gasteiger partial charge on any atom is -0.493 e. The van der Waals surface area contributed by atoms with Crippen molar-refractivity contribution in [3.05, 3.63) is 59.2 Å². The van der Waals surface area contributed by atoms with Gasteiger partial charge in [0, 0.05) is 0 Å². The Kier molecular flexibility index (Phi) is 6.72. The standard InChI is InChI=1S/C22H25NO6/c1-27-18-8-7-15(11-20(18)28-2)17(12-22(25)26)23-21(24)13-19-16-6-4-3-5-14(16)9-10-29-19/h3-8,11,17,19H,9-10,12-13H2,1-2H3,(H,23,24)(H,25,26)/t17-,19-/m1/s1. The summed E-state index contributed by atoms with van der Waals surface area (Å²) >= 11 is 0. The van der Waals surface area contributed by atoms with Crippen LogP contribution in [0.5, 0.6) is 11.5 Å². The van der Waals surface area contributed by atoms with Crippen molar-refractivity contribution in [2.75, 3.05) is 20.8 Å². The lowest BCUT2D eigenvalue weighted by atomic mass is 9.95. The molecule has 0 unspecified atom stereocenters. The fourth-order valence-corrected chi connectivity index (χ4v) is 3.56. The predicted molar refractivity (Wildman–Crippen MR) is 106 cm³/mol. The number of aliphatic carboxylic acids is 1. The maximum atomic E-state index is 12.7. The van der Waals surface area contributed by atoms with E-state index in [1.807, 2.05) is 24.3 Å². The summed E-state index contributed by atoms with van der Waals surface area (Å²) < 4.78 is 16.3.